The number of aromatic nitrogens is 4. The normalized spacial score (nSPS) is 10.2. The molecule has 0 unspecified atom stereocenters. The van der Waals surface area contributed by atoms with Gasteiger partial charge < -0.3 is 0 Å². The molecule has 0 saturated carbocycles. The molecule has 0 bridgehead atoms. The second-order valence-electron chi connectivity index (χ2n) is 2.27. The van der Waals surface area contributed by atoms with Crippen molar-refractivity contribution in [2.45, 2.75) is 5.16 Å². The molecule has 64 valence electrons. The first kappa shape index (κ1) is 8.01. The number of hydrogen-bond acceptors (Lipinski definition) is 5. The van der Waals surface area contributed by atoms with Crippen LogP contribution in [-0.2, 0) is 0 Å². The lowest BCUT2D eigenvalue weighted by molar-refractivity contribution is 0.787. The average molecular weight is 191 g/mol. The molecule has 0 aliphatic heterocycles. The molecule has 0 radical (unpaired) electrons. The van der Waals surface area contributed by atoms with Crippen molar-refractivity contribution < 1.29 is 0 Å². The SMILES string of the molecule is CSc1ncc2ncc(C#N)n2n1. The zero-order chi connectivity index (χ0) is 9.26. The van der Waals surface area contributed by atoms with E-state index in [2.05, 4.69) is 15.1 Å². The summed E-state index contributed by atoms with van der Waals surface area (Å²) >= 11 is 1.43. The summed E-state index contributed by atoms with van der Waals surface area (Å²) in [6.45, 7) is 0. The van der Waals surface area contributed by atoms with Crippen molar-refractivity contribution in [1.82, 2.24) is 19.6 Å². The van der Waals surface area contributed by atoms with Crippen molar-refractivity contribution in [3.05, 3.63) is 18.1 Å². The van der Waals surface area contributed by atoms with Gasteiger partial charge in [-0.2, -0.15) is 9.78 Å². The summed E-state index contributed by atoms with van der Waals surface area (Å²) in [5.41, 5.74) is 1.02. The first-order chi connectivity index (χ1) is 6.35. The highest BCUT2D eigenvalue weighted by Crippen LogP contribution is 2.08. The maximum atomic E-state index is 8.71. The van der Waals surface area contributed by atoms with Gasteiger partial charge in [0.25, 0.3) is 0 Å². The average Bonchev–Trinajstić information content (AvgIpc) is 2.59. The summed E-state index contributed by atoms with van der Waals surface area (Å²) in [6.07, 6.45) is 4.96. The highest BCUT2D eigenvalue weighted by atomic mass is 32.2. The molecule has 0 fully saturated rings. The monoisotopic (exact) mass is 191 g/mol. The van der Waals surface area contributed by atoms with Crippen LogP contribution in [0.15, 0.2) is 17.6 Å². The summed E-state index contributed by atoms with van der Waals surface area (Å²) in [5.74, 6) is 0. The highest BCUT2D eigenvalue weighted by molar-refractivity contribution is 7.98. The van der Waals surface area contributed by atoms with Gasteiger partial charge in [-0.25, -0.2) is 9.97 Å². The number of nitrogens with zero attached hydrogens (tertiary/aromatic N) is 5. The predicted molar refractivity (Wildman–Crippen MR) is 47.3 cm³/mol. The molecule has 2 rings (SSSR count). The van der Waals surface area contributed by atoms with Gasteiger partial charge in [0.1, 0.15) is 6.07 Å². The van der Waals surface area contributed by atoms with Crippen LogP contribution in [0.25, 0.3) is 5.65 Å². The van der Waals surface area contributed by atoms with E-state index in [0.29, 0.717) is 16.5 Å². The summed E-state index contributed by atoms with van der Waals surface area (Å²) in [5, 5.41) is 13.4. The Morgan fingerprint density at radius 3 is 3.00 bits per heavy atom. The summed E-state index contributed by atoms with van der Waals surface area (Å²) in [4.78, 5) is 8.00. The van der Waals surface area contributed by atoms with Crippen molar-refractivity contribution >= 4 is 17.4 Å². The molecule has 0 N–H and O–H groups in total. The van der Waals surface area contributed by atoms with Gasteiger partial charge in [0, 0.05) is 0 Å². The van der Waals surface area contributed by atoms with Crippen LogP contribution in [0.5, 0.6) is 0 Å². The lowest BCUT2D eigenvalue weighted by atomic mass is 10.5. The van der Waals surface area contributed by atoms with E-state index >= 15 is 0 Å². The van der Waals surface area contributed by atoms with Crippen molar-refractivity contribution in [2.24, 2.45) is 0 Å². The van der Waals surface area contributed by atoms with Crippen molar-refractivity contribution in [3.8, 4) is 6.07 Å². The fourth-order valence-electron chi connectivity index (χ4n) is 0.947. The Hall–Kier alpha value is -1.61. The molecule has 0 amide bonds. The Kier molecular flexibility index (Phi) is 1.87. The molecule has 5 nitrogen and oxygen atoms in total. The van der Waals surface area contributed by atoms with E-state index in [-0.39, 0.29) is 0 Å². The Morgan fingerprint density at radius 2 is 2.31 bits per heavy atom. The summed E-state index contributed by atoms with van der Waals surface area (Å²) in [6, 6.07) is 2.00. The fraction of sp³-hybridized carbons (Fsp3) is 0.143. The van der Waals surface area contributed by atoms with E-state index in [1.54, 1.807) is 6.20 Å². The Morgan fingerprint density at radius 1 is 1.46 bits per heavy atom. The second kappa shape index (κ2) is 3.03. The number of rotatable bonds is 1. The Balaban J connectivity index is 2.73. The van der Waals surface area contributed by atoms with Gasteiger partial charge in [-0.15, -0.1) is 5.10 Å². The third-order valence-electron chi connectivity index (χ3n) is 1.54. The molecule has 0 aliphatic carbocycles. The standard InChI is InChI=1S/C7H5N5S/c1-13-7-10-4-6-9-3-5(2-8)12(6)11-7/h3-4H,1H3. The van der Waals surface area contributed by atoms with Gasteiger partial charge in [-0.1, -0.05) is 11.8 Å². The zero-order valence-corrected chi connectivity index (χ0v) is 7.62. The number of imidazole rings is 1. The van der Waals surface area contributed by atoms with Gasteiger partial charge in [0.2, 0.25) is 5.16 Å². The second-order valence-corrected chi connectivity index (χ2v) is 3.04. The number of hydrogen-bond donors (Lipinski definition) is 0. The number of thioether (sulfide) groups is 1. The van der Waals surface area contributed by atoms with Crippen molar-refractivity contribution in [1.29, 1.82) is 5.26 Å². The quantitative estimate of drug-likeness (QED) is 0.621. The topological polar surface area (TPSA) is 66.9 Å². The lowest BCUT2D eigenvalue weighted by Gasteiger charge is -1.95. The van der Waals surface area contributed by atoms with Crippen LogP contribution in [0.2, 0.25) is 0 Å². The molecule has 2 heterocycles. The first-order valence-corrected chi connectivity index (χ1v) is 4.72. The van der Waals surface area contributed by atoms with E-state index in [1.807, 2.05) is 12.3 Å². The first-order valence-electron chi connectivity index (χ1n) is 3.50. The van der Waals surface area contributed by atoms with Gasteiger partial charge in [0.05, 0.1) is 12.4 Å². The lowest BCUT2D eigenvalue weighted by Crippen LogP contribution is -1.97. The molecular weight excluding hydrogens is 186 g/mol. The van der Waals surface area contributed by atoms with Crippen molar-refractivity contribution in [2.75, 3.05) is 6.26 Å². The maximum Gasteiger partial charge on any atom is 0.207 e. The number of fused-ring (bicyclic) bond motifs is 1. The molecular formula is C7H5N5S. The third-order valence-corrected chi connectivity index (χ3v) is 2.09. The summed E-state index contributed by atoms with van der Waals surface area (Å²) < 4.78 is 1.48. The van der Waals surface area contributed by atoms with Crippen LogP contribution < -0.4 is 0 Å². The molecule has 0 spiro atoms. The minimum Gasteiger partial charge on any atom is -0.233 e. The third kappa shape index (κ3) is 1.23. The molecule has 13 heavy (non-hydrogen) atoms. The molecule has 2 aromatic rings. The Labute approximate surface area is 78.4 Å². The molecule has 2 aromatic heterocycles. The van der Waals surface area contributed by atoms with E-state index in [4.69, 9.17) is 5.26 Å². The fourth-order valence-corrected chi connectivity index (χ4v) is 1.27. The van der Waals surface area contributed by atoms with Crippen molar-refractivity contribution in [3.63, 3.8) is 0 Å². The van der Waals surface area contributed by atoms with Gasteiger partial charge in [-0.05, 0) is 6.26 Å². The van der Waals surface area contributed by atoms with E-state index in [1.165, 1.54) is 22.5 Å². The van der Waals surface area contributed by atoms with Crippen LogP contribution in [0.4, 0.5) is 0 Å². The zero-order valence-electron chi connectivity index (χ0n) is 6.80. The van der Waals surface area contributed by atoms with Crippen LogP contribution >= 0.6 is 11.8 Å². The summed E-state index contributed by atoms with van der Waals surface area (Å²) in [7, 11) is 0. The molecule has 6 heteroatoms. The number of nitriles is 1. The van der Waals surface area contributed by atoms with Gasteiger partial charge in [-0.3, -0.25) is 0 Å². The molecule has 0 aliphatic rings. The maximum absolute atomic E-state index is 8.71. The van der Waals surface area contributed by atoms with E-state index in [9.17, 15) is 0 Å². The van der Waals surface area contributed by atoms with E-state index in [0.717, 1.165) is 0 Å². The minimum atomic E-state index is 0.424. The molecule has 0 saturated heterocycles. The van der Waals surface area contributed by atoms with E-state index < -0.39 is 0 Å². The molecule has 0 aromatic carbocycles. The highest BCUT2D eigenvalue weighted by Gasteiger charge is 2.04. The Bertz CT molecular complexity index is 483. The minimum absolute atomic E-state index is 0.424. The van der Waals surface area contributed by atoms with Crippen LogP contribution in [0.1, 0.15) is 5.69 Å². The predicted octanol–water partition coefficient (Wildman–Crippen LogP) is 0.718. The largest absolute Gasteiger partial charge is 0.233 e. The van der Waals surface area contributed by atoms with Gasteiger partial charge in [0.15, 0.2) is 11.3 Å². The molecule has 0 atom stereocenters. The smallest absolute Gasteiger partial charge is 0.207 e. The van der Waals surface area contributed by atoms with Crippen LogP contribution in [0.3, 0.4) is 0 Å². The van der Waals surface area contributed by atoms with Crippen LogP contribution in [0, 0.1) is 11.3 Å². The van der Waals surface area contributed by atoms with Crippen LogP contribution in [-0.4, -0.2) is 25.8 Å². The van der Waals surface area contributed by atoms with Gasteiger partial charge >= 0.3 is 0 Å².